The number of furan rings is 1. The summed E-state index contributed by atoms with van der Waals surface area (Å²) in [5, 5.41) is 14.5. The van der Waals surface area contributed by atoms with Gasteiger partial charge in [0.2, 0.25) is 5.69 Å². The predicted molar refractivity (Wildman–Crippen MR) is 343 cm³/mol. The molecule has 0 fully saturated rings. The molecular formula is C76H42N6O. The van der Waals surface area contributed by atoms with Crippen LogP contribution in [0.1, 0.15) is 38.5 Å². The minimum Gasteiger partial charge on any atom is -0.456 e. The van der Waals surface area contributed by atoms with Gasteiger partial charge in [0.15, 0.2) is 0 Å². The third kappa shape index (κ3) is 6.04. The van der Waals surface area contributed by atoms with E-state index in [2.05, 4.69) is 10.9 Å². The van der Waals surface area contributed by atoms with Crippen LogP contribution in [0.2, 0.25) is 0 Å². The molecule has 83 heavy (non-hydrogen) atoms. The number of fused-ring (bicyclic) bond motifs is 19. The van der Waals surface area contributed by atoms with Crippen molar-refractivity contribution in [2.24, 2.45) is 0 Å². The molecule has 0 amide bonds. The first kappa shape index (κ1) is 28.0. The van der Waals surface area contributed by atoms with E-state index in [0.29, 0.717) is 38.3 Å². The van der Waals surface area contributed by atoms with Crippen molar-refractivity contribution in [3.05, 3.63) is 271 Å². The summed E-state index contributed by atoms with van der Waals surface area (Å²) in [6, 6.07) is 13.2. The molecule has 13 aromatic carbocycles. The Morgan fingerprint density at radius 2 is 0.880 bits per heavy atom. The number of para-hydroxylation sites is 7. The number of nitriles is 1. The minimum absolute atomic E-state index is 0.118. The summed E-state index contributed by atoms with van der Waals surface area (Å²) < 4.78 is 242. The SMILES string of the molecule is [2H]c1c([2H])c([2H])c2c(c1[2H])c1c([2H])c([2H])c([2H])c([2H])c1n2-c1c(C#N)c(-n2c3c([2H])c([2H])c([2H])c([2H])c3c3c([2H])c([2H])c([2H])c([2H])c32)c(-n2c3cc(-c4cccc5ccc6ccccc6c45)ccc3c3ccc4oc5ccccc5c4c32)c(-n2c3c([2H])c([2H])c([2H])c([2H])c3c3c([2H])c([2H])c([2H])c([2H])c32)c1[N+]#[C-]. The van der Waals surface area contributed by atoms with Crippen LogP contribution in [0.4, 0.5) is 5.69 Å². The van der Waals surface area contributed by atoms with Crippen LogP contribution in [0.5, 0.6) is 0 Å². The Morgan fingerprint density at radius 3 is 1.46 bits per heavy atom. The maximum Gasteiger partial charge on any atom is 0.237 e. The summed E-state index contributed by atoms with van der Waals surface area (Å²) in [6.07, 6.45) is 0. The van der Waals surface area contributed by atoms with Crippen LogP contribution >= 0.6 is 0 Å². The fourth-order valence-electron chi connectivity index (χ4n) is 12.7. The van der Waals surface area contributed by atoms with Crippen LogP contribution in [0.25, 0.3) is 169 Å². The van der Waals surface area contributed by atoms with E-state index in [1.54, 1.807) is 53.1 Å². The Kier molecular flexibility index (Phi) is 5.71. The fourth-order valence-corrected chi connectivity index (χ4v) is 12.7. The molecule has 0 N–H and O–H groups in total. The lowest BCUT2D eigenvalue weighted by atomic mass is 9.93. The average Bonchev–Trinajstić information content (AvgIpc) is 1.46. The fraction of sp³-hybridized carbons (Fsp3) is 0. The van der Waals surface area contributed by atoms with Crippen LogP contribution in [0.15, 0.2) is 259 Å². The third-order valence-electron chi connectivity index (χ3n) is 15.9. The Bertz CT molecular complexity index is 7050. The van der Waals surface area contributed by atoms with E-state index in [-0.39, 0.29) is 16.6 Å². The number of hydrogen-bond donors (Lipinski definition) is 0. The molecule has 0 aliphatic carbocycles. The first-order valence-electron chi connectivity index (χ1n) is 38.0. The van der Waals surface area contributed by atoms with Crippen LogP contribution < -0.4 is 0 Å². The number of hydrogen-bond acceptors (Lipinski definition) is 2. The zero-order valence-electron chi connectivity index (χ0n) is 66.5. The Balaban J connectivity index is 1.26. The largest absolute Gasteiger partial charge is 0.456 e. The summed E-state index contributed by atoms with van der Waals surface area (Å²) in [5.41, 5.74) is -7.09. The topological polar surface area (TPSA) is 61.0 Å². The quantitative estimate of drug-likeness (QED) is 0.127. The van der Waals surface area contributed by atoms with Gasteiger partial charge in [-0.05, 0) is 93.2 Å². The van der Waals surface area contributed by atoms with Crippen molar-refractivity contribution < 1.29 is 37.3 Å². The normalized spacial score (nSPS) is 16.1. The molecule has 0 aliphatic rings. The Hall–Kier alpha value is -11.6. The van der Waals surface area contributed by atoms with Gasteiger partial charge in [-0.25, -0.2) is 4.85 Å². The molecule has 0 radical (unpaired) electrons. The lowest BCUT2D eigenvalue weighted by molar-refractivity contribution is 0.669. The minimum atomic E-state index is -0.970. The molecule has 0 atom stereocenters. The lowest BCUT2D eigenvalue weighted by Gasteiger charge is -2.27. The number of aromatic nitrogens is 4. The molecule has 0 saturated carbocycles. The summed E-state index contributed by atoms with van der Waals surface area (Å²) >= 11 is 0. The predicted octanol–water partition coefficient (Wildman–Crippen LogP) is 20.4. The first-order valence-corrected chi connectivity index (χ1v) is 26.0. The Labute approximate surface area is 507 Å². The molecule has 7 heteroatoms. The maximum atomic E-state index is 13.1. The monoisotopic (exact) mass is 1080 g/mol. The zero-order chi connectivity index (χ0) is 75.5. The standard InChI is InChI=1S/C76H42N6O/c1-78-71-73(79-60-30-11-4-22-50(60)51-23-5-12-31-61(51)79)59(44-77)74(80-62-32-13-6-24-52(62)53-25-7-14-33-63(53)80)76(75(71)81-64-34-15-8-26-54(64)55-27-9-16-35-65(55)81)82-66-43-47(49-29-18-20-46-38-37-45-19-2-3-21-48(45)69(46)49)39-40-56(66)57-41-42-68-70(72(57)82)58-28-10-17-36-67(58)83-68/h2-43H/i4D,5D,6D,7D,8D,9D,11D,12D,13D,14D,15D,16D,22D,23D,24D,25D,26D,27D,30D,31D,32D,33D,34D,35D. The second kappa shape index (κ2) is 16.9. The number of nitrogens with zero attached hydrogens (tertiary/aromatic N) is 6. The number of rotatable bonds is 5. The van der Waals surface area contributed by atoms with E-state index in [4.69, 9.17) is 7.16 Å². The molecule has 0 aliphatic heterocycles. The summed E-state index contributed by atoms with van der Waals surface area (Å²) in [7, 11) is 0. The third-order valence-corrected chi connectivity index (χ3v) is 15.9. The Morgan fingerprint density at radius 1 is 0.386 bits per heavy atom. The van der Waals surface area contributed by atoms with Gasteiger partial charge < -0.3 is 22.7 Å². The maximum absolute atomic E-state index is 13.1. The van der Waals surface area contributed by atoms with Gasteiger partial charge in [-0.15, -0.1) is 0 Å². The first-order chi connectivity index (χ1) is 51.1. The van der Waals surface area contributed by atoms with Gasteiger partial charge in [0.1, 0.15) is 17.2 Å². The molecule has 18 rings (SSSR count). The van der Waals surface area contributed by atoms with E-state index in [9.17, 15) is 42.0 Å². The van der Waals surface area contributed by atoms with Crippen molar-refractivity contribution >= 4 is 136 Å². The molecule has 0 bridgehead atoms. The molecule has 0 unspecified atom stereocenters. The van der Waals surface area contributed by atoms with E-state index < -0.39 is 244 Å². The van der Waals surface area contributed by atoms with Crippen molar-refractivity contribution in [3.63, 3.8) is 0 Å². The highest BCUT2D eigenvalue weighted by Crippen LogP contribution is 2.53. The van der Waals surface area contributed by atoms with Gasteiger partial charge >= 0.3 is 0 Å². The van der Waals surface area contributed by atoms with Crippen molar-refractivity contribution in [2.75, 3.05) is 0 Å². The van der Waals surface area contributed by atoms with Crippen LogP contribution in [0.3, 0.4) is 0 Å². The van der Waals surface area contributed by atoms with Gasteiger partial charge in [-0.1, -0.05) is 194 Å². The molecule has 0 spiro atoms. The summed E-state index contributed by atoms with van der Waals surface area (Å²) in [4.78, 5) is 4.31. The van der Waals surface area contributed by atoms with Crippen LogP contribution in [-0.2, 0) is 0 Å². The van der Waals surface area contributed by atoms with Gasteiger partial charge in [-0.3, -0.25) is 0 Å². The van der Waals surface area contributed by atoms with Crippen molar-refractivity contribution in [3.8, 4) is 39.9 Å². The second-order valence-corrected chi connectivity index (χ2v) is 19.9. The molecule has 5 heterocycles. The molecule has 5 aromatic heterocycles. The van der Waals surface area contributed by atoms with E-state index in [0.717, 1.165) is 35.2 Å². The summed E-state index contributed by atoms with van der Waals surface area (Å²) in [6.45, 7) is 10.1. The number of benzene rings is 13. The molecular weight excluding hydrogens is 1010 g/mol. The van der Waals surface area contributed by atoms with Gasteiger partial charge in [0, 0.05) is 48.5 Å². The van der Waals surface area contributed by atoms with Crippen molar-refractivity contribution in [2.45, 2.75) is 0 Å². The van der Waals surface area contributed by atoms with Gasteiger partial charge in [0.05, 0.1) is 117 Å². The van der Waals surface area contributed by atoms with Crippen molar-refractivity contribution in [1.29, 1.82) is 5.26 Å². The zero-order valence-corrected chi connectivity index (χ0v) is 42.5. The lowest BCUT2D eigenvalue weighted by Crippen LogP contribution is -2.14. The van der Waals surface area contributed by atoms with Crippen molar-refractivity contribution in [1.82, 2.24) is 18.3 Å². The highest BCUT2D eigenvalue weighted by atomic mass is 16.3. The van der Waals surface area contributed by atoms with E-state index >= 15 is 0 Å². The molecule has 7 nitrogen and oxygen atoms in total. The van der Waals surface area contributed by atoms with E-state index in [1.807, 2.05) is 60.7 Å². The van der Waals surface area contributed by atoms with E-state index in [1.165, 1.54) is 0 Å². The van der Waals surface area contributed by atoms with Gasteiger partial charge in [-0.2, -0.15) is 5.26 Å². The highest BCUT2D eigenvalue weighted by molar-refractivity contribution is 6.26. The second-order valence-electron chi connectivity index (χ2n) is 19.9. The smallest absolute Gasteiger partial charge is 0.237 e. The highest BCUT2D eigenvalue weighted by Gasteiger charge is 2.35. The van der Waals surface area contributed by atoms with Crippen LogP contribution in [0, 0.1) is 17.9 Å². The molecule has 382 valence electrons. The average molecular weight is 1080 g/mol. The molecule has 0 saturated heterocycles. The summed E-state index contributed by atoms with van der Waals surface area (Å²) in [5.74, 6) is 0. The van der Waals surface area contributed by atoms with Gasteiger partial charge in [0.25, 0.3) is 0 Å². The van der Waals surface area contributed by atoms with Crippen LogP contribution in [-0.4, -0.2) is 18.3 Å². The molecule has 18 aromatic rings.